The van der Waals surface area contributed by atoms with Crippen LogP contribution in [0.4, 0.5) is 4.39 Å². The van der Waals surface area contributed by atoms with E-state index in [9.17, 15) is 9.18 Å². The van der Waals surface area contributed by atoms with Crippen LogP contribution in [0.15, 0.2) is 36.4 Å². The molecule has 0 fully saturated rings. The third kappa shape index (κ3) is 3.85. The van der Waals surface area contributed by atoms with Crippen LogP contribution in [0.5, 0.6) is 0 Å². The number of allylic oxidation sites excluding steroid dienone is 1. The summed E-state index contributed by atoms with van der Waals surface area (Å²) in [4.78, 5) is 20.2. The van der Waals surface area contributed by atoms with E-state index in [0.717, 1.165) is 34.2 Å². The van der Waals surface area contributed by atoms with Gasteiger partial charge in [-0.3, -0.25) is 4.79 Å². The second kappa shape index (κ2) is 7.81. The standard InChI is InChI=1S/C19H22FN3O/c1-5-6-23-19(24)13(3)12(2)17-7-16(20)8-18(14(17)4)15-9-21-11-22-10-15/h7-11H,5-6H2,1-4H3,(H,23,24)/b13-12+. The van der Waals surface area contributed by atoms with Gasteiger partial charge in [-0.1, -0.05) is 6.92 Å². The van der Waals surface area contributed by atoms with Crippen LogP contribution >= 0.6 is 0 Å². The lowest BCUT2D eigenvalue weighted by Crippen LogP contribution is -2.25. The molecule has 2 aromatic rings. The van der Waals surface area contributed by atoms with E-state index in [0.29, 0.717) is 12.1 Å². The summed E-state index contributed by atoms with van der Waals surface area (Å²) in [6.45, 7) is 8.14. The van der Waals surface area contributed by atoms with Crippen LogP contribution in [0.25, 0.3) is 16.7 Å². The first-order valence-electron chi connectivity index (χ1n) is 7.97. The van der Waals surface area contributed by atoms with Gasteiger partial charge in [-0.15, -0.1) is 0 Å². The molecule has 0 unspecified atom stereocenters. The highest BCUT2D eigenvalue weighted by Crippen LogP contribution is 2.31. The Bertz CT molecular complexity index is 770. The van der Waals surface area contributed by atoms with E-state index in [1.54, 1.807) is 19.3 Å². The Kier molecular flexibility index (Phi) is 5.79. The monoisotopic (exact) mass is 327 g/mol. The largest absolute Gasteiger partial charge is 0.352 e. The summed E-state index contributed by atoms with van der Waals surface area (Å²) < 4.78 is 14.2. The molecule has 0 spiro atoms. The smallest absolute Gasteiger partial charge is 0.247 e. The normalized spacial score (nSPS) is 11.9. The Balaban J connectivity index is 2.51. The minimum Gasteiger partial charge on any atom is -0.352 e. The number of carbonyl (C=O) groups excluding carboxylic acids is 1. The highest BCUT2D eigenvalue weighted by atomic mass is 19.1. The number of carbonyl (C=O) groups is 1. The minimum atomic E-state index is -0.351. The molecule has 126 valence electrons. The molecule has 4 nitrogen and oxygen atoms in total. The topological polar surface area (TPSA) is 54.9 Å². The van der Waals surface area contributed by atoms with E-state index >= 15 is 0 Å². The maximum Gasteiger partial charge on any atom is 0.247 e. The van der Waals surface area contributed by atoms with Crippen molar-refractivity contribution in [1.82, 2.24) is 15.3 Å². The summed E-state index contributed by atoms with van der Waals surface area (Å²) in [5.74, 6) is -0.474. The van der Waals surface area contributed by atoms with E-state index in [2.05, 4.69) is 15.3 Å². The zero-order valence-corrected chi connectivity index (χ0v) is 14.5. The van der Waals surface area contributed by atoms with Gasteiger partial charge in [-0.2, -0.15) is 0 Å². The number of halogens is 1. The lowest BCUT2D eigenvalue weighted by atomic mass is 9.92. The number of amides is 1. The number of nitrogens with one attached hydrogen (secondary N) is 1. The van der Waals surface area contributed by atoms with Crippen LogP contribution in [-0.2, 0) is 4.79 Å². The van der Waals surface area contributed by atoms with Crippen LogP contribution in [0.1, 0.15) is 38.3 Å². The van der Waals surface area contributed by atoms with Crippen molar-refractivity contribution in [1.29, 1.82) is 0 Å². The first kappa shape index (κ1) is 17.8. The summed E-state index contributed by atoms with van der Waals surface area (Å²) in [6.07, 6.45) is 5.61. The Hall–Kier alpha value is -2.56. The number of nitrogens with zero attached hydrogens (tertiary/aromatic N) is 2. The molecule has 2 rings (SSSR count). The van der Waals surface area contributed by atoms with Gasteiger partial charge in [0.05, 0.1) is 0 Å². The molecule has 24 heavy (non-hydrogen) atoms. The molecule has 0 aliphatic carbocycles. The summed E-state index contributed by atoms with van der Waals surface area (Å²) in [7, 11) is 0. The average molecular weight is 327 g/mol. The van der Waals surface area contributed by atoms with Crippen molar-refractivity contribution >= 4 is 11.5 Å². The molecule has 0 saturated heterocycles. The van der Waals surface area contributed by atoms with Crippen LogP contribution in [0.3, 0.4) is 0 Å². The van der Waals surface area contributed by atoms with E-state index in [4.69, 9.17) is 0 Å². The SMILES string of the molecule is CCCNC(=O)/C(C)=C(\C)c1cc(F)cc(-c2cncnc2)c1C. The Morgan fingerprint density at radius 1 is 1.21 bits per heavy atom. The predicted octanol–water partition coefficient (Wildman–Crippen LogP) is 3.91. The molecule has 0 radical (unpaired) electrons. The first-order chi connectivity index (χ1) is 11.5. The molecule has 1 amide bonds. The summed E-state index contributed by atoms with van der Waals surface area (Å²) in [5, 5.41) is 2.85. The van der Waals surface area contributed by atoms with Gasteiger partial charge in [0.2, 0.25) is 5.91 Å². The maximum absolute atomic E-state index is 14.2. The van der Waals surface area contributed by atoms with Gasteiger partial charge in [-0.05, 0) is 61.6 Å². The number of hydrogen-bond acceptors (Lipinski definition) is 3. The van der Waals surface area contributed by atoms with Gasteiger partial charge in [0.1, 0.15) is 12.1 Å². The van der Waals surface area contributed by atoms with Crippen molar-refractivity contribution in [3.63, 3.8) is 0 Å². The molecule has 0 atom stereocenters. The van der Waals surface area contributed by atoms with E-state index in [1.165, 1.54) is 18.5 Å². The molecular weight excluding hydrogens is 305 g/mol. The molecule has 1 heterocycles. The average Bonchev–Trinajstić information content (AvgIpc) is 2.60. The fraction of sp³-hybridized carbons (Fsp3) is 0.316. The quantitative estimate of drug-likeness (QED) is 0.847. The number of benzene rings is 1. The van der Waals surface area contributed by atoms with Crippen LogP contribution in [0.2, 0.25) is 0 Å². The molecule has 5 heteroatoms. The Labute approximate surface area is 141 Å². The highest BCUT2D eigenvalue weighted by molar-refractivity contribution is 6.00. The lowest BCUT2D eigenvalue weighted by Gasteiger charge is -2.15. The molecule has 0 saturated carbocycles. The van der Waals surface area contributed by atoms with Gasteiger partial charge >= 0.3 is 0 Å². The van der Waals surface area contributed by atoms with Gasteiger partial charge in [0.25, 0.3) is 0 Å². The molecule has 0 aliphatic heterocycles. The van der Waals surface area contributed by atoms with Crippen molar-refractivity contribution in [2.75, 3.05) is 6.54 Å². The van der Waals surface area contributed by atoms with Crippen molar-refractivity contribution in [3.8, 4) is 11.1 Å². The molecule has 1 aromatic heterocycles. The van der Waals surface area contributed by atoms with Gasteiger partial charge in [-0.25, -0.2) is 14.4 Å². The second-order valence-corrected chi connectivity index (χ2v) is 5.76. The van der Waals surface area contributed by atoms with Crippen LogP contribution in [-0.4, -0.2) is 22.4 Å². The summed E-state index contributed by atoms with van der Waals surface area (Å²) in [5.41, 5.74) is 4.44. The van der Waals surface area contributed by atoms with Crippen molar-refractivity contribution in [2.45, 2.75) is 34.1 Å². The summed E-state index contributed by atoms with van der Waals surface area (Å²) in [6, 6.07) is 2.94. The molecule has 0 bridgehead atoms. The minimum absolute atomic E-state index is 0.123. The Morgan fingerprint density at radius 3 is 2.50 bits per heavy atom. The third-order valence-electron chi connectivity index (χ3n) is 4.09. The zero-order valence-electron chi connectivity index (χ0n) is 14.5. The van der Waals surface area contributed by atoms with Crippen molar-refractivity contribution in [2.24, 2.45) is 0 Å². The number of aromatic nitrogens is 2. The van der Waals surface area contributed by atoms with Crippen LogP contribution < -0.4 is 5.32 Å². The molecule has 1 aromatic carbocycles. The van der Waals surface area contributed by atoms with E-state index in [-0.39, 0.29) is 11.7 Å². The van der Waals surface area contributed by atoms with Gasteiger partial charge in [0, 0.05) is 30.1 Å². The van der Waals surface area contributed by atoms with E-state index < -0.39 is 0 Å². The number of rotatable bonds is 5. The molecule has 0 aliphatic rings. The van der Waals surface area contributed by atoms with Gasteiger partial charge in [0.15, 0.2) is 0 Å². The first-order valence-corrected chi connectivity index (χ1v) is 7.97. The van der Waals surface area contributed by atoms with Gasteiger partial charge < -0.3 is 5.32 Å². The Morgan fingerprint density at radius 2 is 1.88 bits per heavy atom. The van der Waals surface area contributed by atoms with Crippen molar-refractivity contribution in [3.05, 3.63) is 53.4 Å². The maximum atomic E-state index is 14.2. The zero-order chi connectivity index (χ0) is 17.7. The molecule has 1 N–H and O–H groups in total. The van der Waals surface area contributed by atoms with Crippen LogP contribution in [0, 0.1) is 12.7 Å². The van der Waals surface area contributed by atoms with Crippen molar-refractivity contribution < 1.29 is 9.18 Å². The fourth-order valence-corrected chi connectivity index (χ4v) is 2.55. The van der Waals surface area contributed by atoms with E-state index in [1.807, 2.05) is 20.8 Å². The third-order valence-corrected chi connectivity index (χ3v) is 4.09. The molecular formula is C19H22FN3O. The fourth-order valence-electron chi connectivity index (χ4n) is 2.55. The summed E-state index contributed by atoms with van der Waals surface area (Å²) >= 11 is 0. The predicted molar refractivity (Wildman–Crippen MR) is 93.7 cm³/mol. The lowest BCUT2D eigenvalue weighted by molar-refractivity contribution is -0.117. The second-order valence-electron chi connectivity index (χ2n) is 5.76. The highest BCUT2D eigenvalue weighted by Gasteiger charge is 2.15. The number of hydrogen-bond donors (Lipinski definition) is 1.